The summed E-state index contributed by atoms with van der Waals surface area (Å²) in [7, 11) is -3.85. The maximum Gasteiger partial charge on any atom is 0.262 e. The lowest BCUT2D eigenvalue weighted by molar-refractivity contribution is 0.213. The average molecular weight is 419 g/mol. The van der Waals surface area contributed by atoms with Crippen LogP contribution in [0.1, 0.15) is 5.56 Å². The van der Waals surface area contributed by atoms with Crippen LogP contribution in [0, 0.1) is 6.92 Å². The number of halogens is 1. The molecule has 3 aromatic rings. The van der Waals surface area contributed by atoms with Crippen molar-refractivity contribution in [3.8, 4) is 11.6 Å². The van der Waals surface area contributed by atoms with Gasteiger partial charge in [0.15, 0.2) is 0 Å². The third-order valence-electron chi connectivity index (χ3n) is 3.86. The van der Waals surface area contributed by atoms with Crippen LogP contribution in [-0.2, 0) is 10.0 Å². The van der Waals surface area contributed by atoms with Crippen molar-refractivity contribution < 1.29 is 17.9 Å². The molecule has 0 radical (unpaired) electrons. The fourth-order valence-electron chi connectivity index (χ4n) is 2.48. The maximum atomic E-state index is 12.8. The molecule has 1 aromatic heterocycles. The number of hydrogen-bond donors (Lipinski definition) is 1. The number of nitrogens with one attached hydrogen (secondary N) is 1. The Kier molecular flexibility index (Phi) is 6.38. The molecule has 0 saturated heterocycles. The zero-order valence-corrected chi connectivity index (χ0v) is 16.7. The van der Waals surface area contributed by atoms with Gasteiger partial charge in [0, 0.05) is 11.2 Å². The van der Waals surface area contributed by atoms with Gasteiger partial charge in [-0.1, -0.05) is 35.9 Å². The van der Waals surface area contributed by atoms with Gasteiger partial charge in [0.05, 0.1) is 4.90 Å². The van der Waals surface area contributed by atoms with Gasteiger partial charge in [0.2, 0.25) is 5.88 Å². The van der Waals surface area contributed by atoms with E-state index in [0.717, 1.165) is 5.75 Å². The second-order valence-electron chi connectivity index (χ2n) is 5.83. The molecule has 0 aliphatic heterocycles. The van der Waals surface area contributed by atoms with E-state index in [2.05, 4.69) is 9.71 Å². The molecule has 1 N–H and O–H groups in total. The summed E-state index contributed by atoms with van der Waals surface area (Å²) in [6, 6.07) is 17.3. The van der Waals surface area contributed by atoms with Gasteiger partial charge in [-0.25, -0.2) is 13.4 Å². The smallest absolute Gasteiger partial charge is 0.262 e. The van der Waals surface area contributed by atoms with E-state index < -0.39 is 10.0 Å². The molecule has 28 heavy (non-hydrogen) atoms. The Labute approximate surface area is 169 Å². The van der Waals surface area contributed by atoms with Crippen LogP contribution in [0.15, 0.2) is 71.8 Å². The molecular weight excluding hydrogens is 400 g/mol. The molecule has 1 heterocycles. The number of hydrogen-bond acceptors (Lipinski definition) is 5. The van der Waals surface area contributed by atoms with Gasteiger partial charge in [0.25, 0.3) is 10.0 Å². The predicted octanol–water partition coefficient (Wildman–Crippen LogP) is 4.30. The van der Waals surface area contributed by atoms with Crippen molar-refractivity contribution in [2.75, 3.05) is 17.9 Å². The van der Waals surface area contributed by atoms with Crippen LogP contribution in [0.25, 0.3) is 0 Å². The van der Waals surface area contributed by atoms with Crippen molar-refractivity contribution in [1.29, 1.82) is 0 Å². The van der Waals surface area contributed by atoms with Crippen LogP contribution >= 0.6 is 11.6 Å². The van der Waals surface area contributed by atoms with Gasteiger partial charge in [0.1, 0.15) is 24.7 Å². The molecule has 0 amide bonds. The predicted molar refractivity (Wildman–Crippen MR) is 109 cm³/mol. The van der Waals surface area contributed by atoms with Crippen LogP contribution in [-0.4, -0.2) is 26.6 Å². The molecule has 0 unspecified atom stereocenters. The van der Waals surface area contributed by atoms with Crippen molar-refractivity contribution in [3.63, 3.8) is 0 Å². The highest BCUT2D eigenvalue weighted by Crippen LogP contribution is 2.28. The number of benzene rings is 2. The van der Waals surface area contributed by atoms with E-state index in [-0.39, 0.29) is 23.1 Å². The molecule has 2 aromatic carbocycles. The highest BCUT2D eigenvalue weighted by Gasteiger charge is 2.20. The number of para-hydroxylation sites is 1. The summed E-state index contributed by atoms with van der Waals surface area (Å²) in [6.45, 7) is 2.15. The van der Waals surface area contributed by atoms with Crippen molar-refractivity contribution in [1.82, 2.24) is 4.98 Å². The largest absolute Gasteiger partial charge is 0.490 e. The Morgan fingerprint density at radius 2 is 1.71 bits per heavy atom. The fourth-order valence-corrected chi connectivity index (χ4v) is 4.03. The standard InChI is InChI=1S/C20H19ClN2O4S/c1-15-17(21)9-5-11-19(15)28(24,25)23-18-10-6-12-22-20(18)27-14-13-26-16-7-3-2-4-8-16/h2-12,23H,13-14H2,1H3. The zero-order chi connectivity index (χ0) is 20.0. The topological polar surface area (TPSA) is 77.5 Å². The first-order valence-electron chi connectivity index (χ1n) is 8.51. The molecule has 0 bridgehead atoms. The van der Waals surface area contributed by atoms with Gasteiger partial charge in [-0.05, 0) is 48.9 Å². The van der Waals surface area contributed by atoms with Crippen LogP contribution in [0.2, 0.25) is 5.02 Å². The SMILES string of the molecule is Cc1c(Cl)cccc1S(=O)(=O)Nc1cccnc1OCCOc1ccccc1. The van der Waals surface area contributed by atoms with Crippen molar-refractivity contribution >= 4 is 27.3 Å². The number of pyridine rings is 1. The number of ether oxygens (including phenoxy) is 2. The first-order valence-corrected chi connectivity index (χ1v) is 10.4. The monoisotopic (exact) mass is 418 g/mol. The van der Waals surface area contributed by atoms with Gasteiger partial charge in [-0.3, -0.25) is 4.72 Å². The van der Waals surface area contributed by atoms with Crippen LogP contribution in [0.3, 0.4) is 0 Å². The third-order valence-corrected chi connectivity index (χ3v) is 5.78. The van der Waals surface area contributed by atoms with E-state index in [1.165, 1.54) is 12.3 Å². The number of rotatable bonds is 8. The number of aromatic nitrogens is 1. The summed E-state index contributed by atoms with van der Waals surface area (Å²) in [6.07, 6.45) is 1.52. The molecule has 0 atom stereocenters. The lowest BCUT2D eigenvalue weighted by Crippen LogP contribution is -2.16. The Hall–Kier alpha value is -2.77. The van der Waals surface area contributed by atoms with E-state index in [4.69, 9.17) is 21.1 Å². The molecule has 0 aliphatic carbocycles. The second kappa shape index (κ2) is 8.95. The molecule has 6 nitrogen and oxygen atoms in total. The van der Waals surface area contributed by atoms with Crippen molar-refractivity contribution in [2.24, 2.45) is 0 Å². The highest BCUT2D eigenvalue weighted by molar-refractivity contribution is 7.92. The molecule has 0 saturated carbocycles. The number of anilines is 1. The van der Waals surface area contributed by atoms with Crippen LogP contribution in [0.4, 0.5) is 5.69 Å². The summed E-state index contributed by atoms with van der Waals surface area (Å²) < 4.78 is 39.2. The molecule has 0 aliphatic rings. The first-order chi connectivity index (χ1) is 13.5. The Morgan fingerprint density at radius 3 is 2.50 bits per heavy atom. The first kappa shape index (κ1) is 20.0. The second-order valence-corrected chi connectivity index (χ2v) is 7.89. The van der Waals surface area contributed by atoms with Gasteiger partial charge < -0.3 is 9.47 Å². The molecule has 0 fully saturated rings. The Balaban J connectivity index is 1.69. The quantitative estimate of drug-likeness (QED) is 0.552. The van der Waals surface area contributed by atoms with E-state index in [1.54, 1.807) is 31.2 Å². The van der Waals surface area contributed by atoms with E-state index in [0.29, 0.717) is 17.2 Å². The average Bonchev–Trinajstić information content (AvgIpc) is 2.69. The molecular formula is C20H19ClN2O4S. The van der Waals surface area contributed by atoms with E-state index in [9.17, 15) is 8.42 Å². The van der Waals surface area contributed by atoms with Crippen LogP contribution in [0.5, 0.6) is 11.6 Å². The molecule has 146 valence electrons. The molecule has 0 spiro atoms. The minimum atomic E-state index is -3.85. The van der Waals surface area contributed by atoms with Crippen molar-refractivity contribution in [3.05, 3.63) is 77.4 Å². The maximum absolute atomic E-state index is 12.8. The van der Waals surface area contributed by atoms with Crippen LogP contribution < -0.4 is 14.2 Å². The number of sulfonamides is 1. The lowest BCUT2D eigenvalue weighted by atomic mass is 10.2. The molecule has 8 heteroatoms. The summed E-state index contributed by atoms with van der Waals surface area (Å²) >= 11 is 6.05. The summed E-state index contributed by atoms with van der Waals surface area (Å²) in [5.41, 5.74) is 0.709. The molecule has 3 rings (SSSR count). The van der Waals surface area contributed by atoms with E-state index in [1.807, 2.05) is 30.3 Å². The summed E-state index contributed by atoms with van der Waals surface area (Å²) in [5.74, 6) is 0.895. The third kappa shape index (κ3) is 4.94. The minimum absolute atomic E-state index is 0.0993. The van der Waals surface area contributed by atoms with Crippen molar-refractivity contribution in [2.45, 2.75) is 11.8 Å². The summed E-state index contributed by atoms with van der Waals surface area (Å²) in [5, 5.41) is 0.378. The Bertz CT molecular complexity index is 1040. The zero-order valence-electron chi connectivity index (χ0n) is 15.1. The Morgan fingerprint density at radius 1 is 0.964 bits per heavy atom. The van der Waals surface area contributed by atoms with Gasteiger partial charge in [-0.15, -0.1) is 0 Å². The lowest BCUT2D eigenvalue weighted by Gasteiger charge is -2.14. The van der Waals surface area contributed by atoms with Gasteiger partial charge in [-0.2, -0.15) is 0 Å². The fraction of sp³-hybridized carbons (Fsp3) is 0.150. The normalized spacial score (nSPS) is 11.1. The minimum Gasteiger partial charge on any atom is -0.490 e. The highest BCUT2D eigenvalue weighted by atomic mass is 35.5. The van der Waals surface area contributed by atoms with Gasteiger partial charge >= 0.3 is 0 Å². The summed E-state index contributed by atoms with van der Waals surface area (Å²) in [4.78, 5) is 4.21. The van der Waals surface area contributed by atoms with E-state index >= 15 is 0 Å². The number of nitrogens with zero attached hydrogens (tertiary/aromatic N) is 1.